The highest BCUT2D eigenvalue weighted by Crippen LogP contribution is 2.35. The van der Waals surface area contributed by atoms with Crippen molar-refractivity contribution in [3.05, 3.63) is 29.8 Å². The van der Waals surface area contributed by atoms with Crippen molar-refractivity contribution in [3.8, 4) is 0 Å². The van der Waals surface area contributed by atoms with Crippen LogP contribution in [-0.2, 0) is 19.1 Å². The van der Waals surface area contributed by atoms with Crippen LogP contribution in [0.25, 0.3) is 0 Å². The van der Waals surface area contributed by atoms with E-state index in [1.807, 2.05) is 0 Å². The summed E-state index contributed by atoms with van der Waals surface area (Å²) >= 11 is 0. The number of esters is 1. The zero-order valence-corrected chi connectivity index (χ0v) is 16.8. The zero-order chi connectivity index (χ0) is 21.9. The summed E-state index contributed by atoms with van der Waals surface area (Å²) in [6.07, 6.45) is 2.89. The smallest absolute Gasteiger partial charge is 0.325 e. The summed E-state index contributed by atoms with van der Waals surface area (Å²) in [5, 5.41) is 7.81. The average molecular weight is 416 g/mol. The van der Waals surface area contributed by atoms with E-state index in [-0.39, 0.29) is 12.5 Å². The minimum absolute atomic E-state index is 0.251. The lowest BCUT2D eigenvalue weighted by atomic mass is 9.97. The Bertz CT molecular complexity index is 876. The van der Waals surface area contributed by atoms with Crippen molar-refractivity contribution < 1.29 is 28.7 Å². The first kappa shape index (κ1) is 21.3. The first-order valence-corrected chi connectivity index (χ1v) is 9.69. The summed E-state index contributed by atoms with van der Waals surface area (Å²) in [7, 11) is 1.22. The number of hydrogen-bond acceptors (Lipinski definition) is 6. The number of amides is 5. The molecule has 1 atom stereocenters. The number of rotatable bonds is 6. The van der Waals surface area contributed by atoms with Gasteiger partial charge in [-0.15, -0.1) is 0 Å². The molecule has 0 radical (unpaired) electrons. The van der Waals surface area contributed by atoms with Gasteiger partial charge in [0, 0.05) is 11.3 Å². The van der Waals surface area contributed by atoms with E-state index < -0.39 is 35.4 Å². The van der Waals surface area contributed by atoms with E-state index in [0.29, 0.717) is 24.1 Å². The molecule has 2 aliphatic rings. The summed E-state index contributed by atoms with van der Waals surface area (Å²) in [4.78, 5) is 61.8. The van der Waals surface area contributed by atoms with Gasteiger partial charge in [0.15, 0.2) is 0 Å². The molecule has 1 spiro atoms. The average Bonchev–Trinajstić information content (AvgIpc) is 3.30. The molecule has 2 fully saturated rings. The summed E-state index contributed by atoms with van der Waals surface area (Å²) < 4.78 is 4.45. The number of ether oxygens (including phenoxy) is 1. The van der Waals surface area contributed by atoms with Gasteiger partial charge < -0.3 is 20.7 Å². The minimum atomic E-state index is -0.986. The molecule has 1 aliphatic carbocycles. The van der Waals surface area contributed by atoms with Gasteiger partial charge in [-0.05, 0) is 44.0 Å². The Labute approximate surface area is 173 Å². The minimum Gasteiger partial charge on any atom is -0.468 e. The first-order chi connectivity index (χ1) is 14.3. The van der Waals surface area contributed by atoms with Gasteiger partial charge in [0.1, 0.15) is 18.1 Å². The molecule has 1 saturated heterocycles. The molecule has 160 valence electrons. The fourth-order valence-corrected chi connectivity index (χ4v) is 3.71. The maximum atomic E-state index is 12.8. The van der Waals surface area contributed by atoms with E-state index in [0.717, 1.165) is 17.7 Å². The van der Waals surface area contributed by atoms with E-state index in [1.54, 1.807) is 0 Å². The van der Waals surface area contributed by atoms with Crippen LogP contribution in [0.3, 0.4) is 0 Å². The monoisotopic (exact) mass is 416 g/mol. The fraction of sp³-hybridized carbons (Fsp3) is 0.450. The number of urea groups is 1. The highest BCUT2D eigenvalue weighted by molar-refractivity contribution is 6.11. The Morgan fingerprint density at radius 1 is 1.17 bits per heavy atom. The van der Waals surface area contributed by atoms with Crippen molar-refractivity contribution in [1.82, 2.24) is 15.5 Å². The van der Waals surface area contributed by atoms with Crippen LogP contribution in [0.2, 0.25) is 0 Å². The van der Waals surface area contributed by atoms with Crippen LogP contribution in [0, 0.1) is 0 Å². The molecule has 0 bridgehead atoms. The van der Waals surface area contributed by atoms with Gasteiger partial charge in [0.05, 0.1) is 7.11 Å². The maximum absolute atomic E-state index is 12.8. The lowest BCUT2D eigenvalue weighted by Gasteiger charge is -2.23. The van der Waals surface area contributed by atoms with Crippen LogP contribution >= 0.6 is 0 Å². The molecule has 10 nitrogen and oxygen atoms in total. The molecular weight excluding hydrogens is 392 g/mol. The maximum Gasteiger partial charge on any atom is 0.325 e. The summed E-state index contributed by atoms with van der Waals surface area (Å²) in [5.41, 5.74) is -0.175. The van der Waals surface area contributed by atoms with Gasteiger partial charge >= 0.3 is 12.0 Å². The van der Waals surface area contributed by atoms with E-state index in [4.69, 9.17) is 0 Å². The molecule has 3 rings (SSSR count). The molecule has 1 aromatic rings. The molecular formula is C20H24N4O6. The van der Waals surface area contributed by atoms with Crippen molar-refractivity contribution in [3.63, 3.8) is 0 Å². The number of carbonyl (C=O) groups excluding carboxylic acids is 5. The Morgan fingerprint density at radius 2 is 1.80 bits per heavy atom. The molecule has 1 aliphatic heterocycles. The second-order valence-corrected chi connectivity index (χ2v) is 7.40. The van der Waals surface area contributed by atoms with Crippen molar-refractivity contribution in [1.29, 1.82) is 0 Å². The number of imide groups is 1. The predicted molar refractivity (Wildman–Crippen MR) is 105 cm³/mol. The number of hydrogen-bond donors (Lipinski definition) is 3. The van der Waals surface area contributed by atoms with Gasteiger partial charge in [0.25, 0.3) is 11.8 Å². The van der Waals surface area contributed by atoms with Crippen molar-refractivity contribution in [2.75, 3.05) is 19.0 Å². The highest BCUT2D eigenvalue weighted by atomic mass is 16.5. The lowest BCUT2D eigenvalue weighted by molar-refractivity contribution is -0.139. The van der Waals surface area contributed by atoms with Gasteiger partial charge in [0.2, 0.25) is 5.91 Å². The second-order valence-electron chi connectivity index (χ2n) is 7.40. The molecule has 5 amide bonds. The van der Waals surface area contributed by atoms with Crippen LogP contribution in [0.4, 0.5) is 10.5 Å². The normalized spacial score (nSPS) is 18.1. The van der Waals surface area contributed by atoms with E-state index in [2.05, 4.69) is 20.7 Å². The Hall–Kier alpha value is -3.43. The molecule has 0 aromatic heterocycles. The molecule has 1 aromatic carbocycles. The number of anilines is 1. The topological polar surface area (TPSA) is 134 Å². The molecule has 1 saturated carbocycles. The quantitative estimate of drug-likeness (QED) is 0.464. The predicted octanol–water partition coefficient (Wildman–Crippen LogP) is 0.781. The number of nitrogens with one attached hydrogen (secondary N) is 3. The number of nitrogens with zero attached hydrogens (tertiary/aromatic N) is 1. The van der Waals surface area contributed by atoms with Gasteiger partial charge in [-0.2, -0.15) is 0 Å². The number of benzene rings is 1. The summed E-state index contributed by atoms with van der Waals surface area (Å²) in [6.45, 7) is 1.24. The van der Waals surface area contributed by atoms with Gasteiger partial charge in [-0.1, -0.05) is 12.8 Å². The van der Waals surface area contributed by atoms with Crippen molar-refractivity contribution in [2.45, 2.75) is 44.2 Å². The standard InChI is InChI=1S/C20H24N4O6/c1-12(24-18(28)20(23-19(24)29)9-3-4-10-20)16(26)22-14-7-5-13(6-8-14)17(27)21-11-15(25)30-2/h5-8,12H,3-4,9-11H2,1-2H3,(H,21,27)(H,22,26)(H,23,29). The third-order valence-corrected chi connectivity index (χ3v) is 5.45. The first-order valence-electron chi connectivity index (χ1n) is 9.69. The van der Waals surface area contributed by atoms with Crippen molar-refractivity contribution in [2.24, 2.45) is 0 Å². The largest absolute Gasteiger partial charge is 0.468 e. The molecule has 30 heavy (non-hydrogen) atoms. The third-order valence-electron chi connectivity index (χ3n) is 5.45. The molecule has 1 unspecified atom stereocenters. The Kier molecular flexibility index (Phi) is 6.04. The van der Waals surface area contributed by atoms with E-state index in [1.165, 1.54) is 38.3 Å². The van der Waals surface area contributed by atoms with Crippen LogP contribution in [-0.4, -0.2) is 59.9 Å². The third kappa shape index (κ3) is 4.12. The van der Waals surface area contributed by atoms with Gasteiger partial charge in [-0.25, -0.2) is 9.69 Å². The van der Waals surface area contributed by atoms with E-state index >= 15 is 0 Å². The molecule has 3 N–H and O–H groups in total. The zero-order valence-electron chi connectivity index (χ0n) is 16.8. The van der Waals surface area contributed by atoms with Crippen LogP contribution in [0.15, 0.2) is 24.3 Å². The SMILES string of the molecule is COC(=O)CNC(=O)c1ccc(NC(=O)C(C)N2C(=O)NC3(CCCC3)C2=O)cc1. The summed E-state index contributed by atoms with van der Waals surface area (Å²) in [6, 6.07) is 4.45. The van der Waals surface area contributed by atoms with Crippen molar-refractivity contribution >= 4 is 35.4 Å². The molecule has 10 heteroatoms. The second kappa shape index (κ2) is 8.52. The molecule has 1 heterocycles. The number of methoxy groups -OCH3 is 1. The Morgan fingerprint density at radius 3 is 2.40 bits per heavy atom. The van der Waals surface area contributed by atoms with E-state index in [9.17, 15) is 24.0 Å². The van der Waals surface area contributed by atoms with Crippen LogP contribution < -0.4 is 16.0 Å². The van der Waals surface area contributed by atoms with Crippen LogP contribution in [0.1, 0.15) is 43.0 Å². The summed E-state index contributed by atoms with van der Waals surface area (Å²) in [5.74, 6) is -1.91. The van der Waals surface area contributed by atoms with Crippen LogP contribution in [0.5, 0.6) is 0 Å². The van der Waals surface area contributed by atoms with Gasteiger partial charge in [-0.3, -0.25) is 19.2 Å². The Balaban J connectivity index is 1.60. The number of carbonyl (C=O) groups is 5. The highest BCUT2D eigenvalue weighted by Gasteiger charge is 2.54. The lowest BCUT2D eigenvalue weighted by Crippen LogP contribution is -2.48. The fourth-order valence-electron chi connectivity index (χ4n) is 3.71.